The molecular formula is C4H8NO2. The minimum Gasteiger partial charge on any atom is -0.354 e. The number of hydrogen-bond acceptors (Lipinski definition) is 3. The summed E-state index contributed by atoms with van der Waals surface area (Å²) < 4.78 is 4.80. The molecule has 1 saturated heterocycles. The van der Waals surface area contributed by atoms with Gasteiger partial charge < -0.3 is 4.74 Å². The molecule has 0 bridgehead atoms. The Balaban J connectivity index is 2.14. The Bertz CT molecular complexity index is 51.7. The minimum absolute atomic E-state index is 0.0694. The van der Waals surface area contributed by atoms with Crippen LogP contribution in [0, 0.1) is 6.54 Å². The summed E-state index contributed by atoms with van der Waals surface area (Å²) in [6.45, 7) is 1.81. The highest BCUT2D eigenvalue weighted by molar-refractivity contribution is 4.63. The molecule has 1 aliphatic heterocycles. The van der Waals surface area contributed by atoms with Crippen molar-refractivity contribution in [1.29, 1.82) is 0 Å². The lowest BCUT2D eigenvalue weighted by Gasteiger charge is -2.01. The van der Waals surface area contributed by atoms with Crippen LogP contribution in [-0.4, -0.2) is 13.4 Å². The lowest BCUT2D eigenvalue weighted by molar-refractivity contribution is -0.122. The smallest absolute Gasteiger partial charge is 0.178 e. The first-order valence-electron chi connectivity index (χ1n) is 2.19. The number of hydroxylamine groups is 1. The predicted molar refractivity (Wildman–Crippen MR) is 23.9 cm³/mol. The summed E-state index contributed by atoms with van der Waals surface area (Å²) in [4.78, 5) is 4.77. The van der Waals surface area contributed by atoms with Crippen molar-refractivity contribution < 1.29 is 9.57 Å². The molecule has 1 heterocycles. The van der Waals surface area contributed by atoms with E-state index < -0.39 is 0 Å². The van der Waals surface area contributed by atoms with Gasteiger partial charge in [0.25, 0.3) is 0 Å². The first-order chi connectivity index (χ1) is 3.43. The molecule has 1 N–H and O–H groups in total. The molecule has 3 nitrogen and oxygen atoms in total. The molecule has 0 spiro atoms. The predicted octanol–water partition coefficient (Wildman–Crippen LogP) is 0.0456. The van der Waals surface area contributed by atoms with Gasteiger partial charge in [0.15, 0.2) is 6.29 Å². The van der Waals surface area contributed by atoms with Crippen LogP contribution in [0.15, 0.2) is 0 Å². The Morgan fingerprint density at radius 3 is 3.14 bits per heavy atom. The zero-order chi connectivity index (χ0) is 5.11. The molecule has 1 atom stereocenters. The van der Waals surface area contributed by atoms with Crippen molar-refractivity contribution in [3.05, 3.63) is 6.54 Å². The van der Waals surface area contributed by atoms with Crippen LogP contribution < -0.4 is 5.48 Å². The van der Waals surface area contributed by atoms with E-state index in [9.17, 15) is 0 Å². The van der Waals surface area contributed by atoms with Crippen molar-refractivity contribution in [3.8, 4) is 0 Å². The highest BCUT2D eigenvalue weighted by atomic mass is 16.8. The van der Waals surface area contributed by atoms with Gasteiger partial charge in [0.2, 0.25) is 0 Å². The van der Waals surface area contributed by atoms with Crippen LogP contribution in [-0.2, 0) is 9.57 Å². The van der Waals surface area contributed by atoms with E-state index in [1.165, 1.54) is 0 Å². The van der Waals surface area contributed by atoms with Crippen molar-refractivity contribution in [2.75, 3.05) is 7.11 Å². The van der Waals surface area contributed by atoms with E-state index in [0.29, 0.717) is 0 Å². The van der Waals surface area contributed by atoms with Crippen LogP contribution in [0.25, 0.3) is 0 Å². The SMILES string of the molecule is COC1C[CH]NO1. The van der Waals surface area contributed by atoms with Gasteiger partial charge in [-0.1, -0.05) is 0 Å². The third kappa shape index (κ3) is 1.12. The Labute approximate surface area is 42.6 Å². The average molecular weight is 102 g/mol. The zero-order valence-electron chi connectivity index (χ0n) is 4.18. The Morgan fingerprint density at radius 2 is 2.86 bits per heavy atom. The fourth-order valence-electron chi connectivity index (χ4n) is 0.461. The van der Waals surface area contributed by atoms with Crippen LogP contribution in [0.3, 0.4) is 0 Å². The number of methoxy groups -OCH3 is 1. The highest BCUT2D eigenvalue weighted by Gasteiger charge is 2.12. The summed E-state index contributed by atoms with van der Waals surface area (Å²) >= 11 is 0. The van der Waals surface area contributed by atoms with Gasteiger partial charge in [-0.3, -0.25) is 4.84 Å². The summed E-state index contributed by atoms with van der Waals surface area (Å²) in [5.41, 5.74) is 2.57. The monoisotopic (exact) mass is 102 g/mol. The third-order valence-electron chi connectivity index (χ3n) is 0.856. The highest BCUT2D eigenvalue weighted by Crippen LogP contribution is 2.04. The van der Waals surface area contributed by atoms with Gasteiger partial charge in [-0.15, -0.1) is 0 Å². The fourth-order valence-corrected chi connectivity index (χ4v) is 0.461. The maximum Gasteiger partial charge on any atom is 0.178 e. The third-order valence-corrected chi connectivity index (χ3v) is 0.856. The second-order valence-electron chi connectivity index (χ2n) is 1.34. The lowest BCUT2D eigenvalue weighted by atomic mass is 10.4. The molecule has 1 unspecified atom stereocenters. The average Bonchev–Trinajstić information content (AvgIpc) is 2.14. The molecule has 7 heavy (non-hydrogen) atoms. The molecule has 0 saturated carbocycles. The Morgan fingerprint density at radius 1 is 2.00 bits per heavy atom. The molecule has 0 amide bonds. The number of hydrogen-bond donors (Lipinski definition) is 1. The van der Waals surface area contributed by atoms with Gasteiger partial charge in [-0.2, -0.15) is 5.48 Å². The van der Waals surface area contributed by atoms with E-state index in [2.05, 4.69) is 5.48 Å². The first-order valence-corrected chi connectivity index (χ1v) is 2.19. The molecule has 0 aromatic heterocycles. The molecule has 41 valence electrons. The maximum absolute atomic E-state index is 4.80. The van der Waals surface area contributed by atoms with Crippen molar-refractivity contribution in [1.82, 2.24) is 5.48 Å². The van der Waals surface area contributed by atoms with Crippen LogP contribution in [0.4, 0.5) is 0 Å². The molecule has 0 aromatic carbocycles. The molecule has 1 radical (unpaired) electrons. The van der Waals surface area contributed by atoms with E-state index in [-0.39, 0.29) is 6.29 Å². The van der Waals surface area contributed by atoms with Gasteiger partial charge in [0.1, 0.15) is 0 Å². The first kappa shape index (κ1) is 5.03. The Kier molecular flexibility index (Phi) is 1.62. The van der Waals surface area contributed by atoms with Crippen LogP contribution in [0.5, 0.6) is 0 Å². The summed E-state index contributed by atoms with van der Waals surface area (Å²) in [5, 5.41) is 0. The quantitative estimate of drug-likeness (QED) is 0.507. The molecule has 0 aromatic rings. The summed E-state index contributed by atoms with van der Waals surface area (Å²) in [6, 6.07) is 0. The number of rotatable bonds is 1. The van der Waals surface area contributed by atoms with Gasteiger partial charge in [-0.25, -0.2) is 0 Å². The normalized spacial score (nSPS) is 31.3. The number of ether oxygens (including phenoxy) is 1. The van der Waals surface area contributed by atoms with Crippen LogP contribution >= 0.6 is 0 Å². The minimum atomic E-state index is -0.0694. The topological polar surface area (TPSA) is 30.5 Å². The molecule has 0 aliphatic carbocycles. The second kappa shape index (κ2) is 2.26. The van der Waals surface area contributed by atoms with Gasteiger partial charge in [-0.05, 0) is 0 Å². The summed E-state index contributed by atoms with van der Waals surface area (Å²) in [7, 11) is 1.62. The van der Waals surface area contributed by atoms with Crippen LogP contribution in [0.2, 0.25) is 0 Å². The van der Waals surface area contributed by atoms with Gasteiger partial charge >= 0.3 is 0 Å². The maximum atomic E-state index is 4.80. The number of nitrogens with one attached hydrogen (secondary N) is 1. The summed E-state index contributed by atoms with van der Waals surface area (Å²) in [5.74, 6) is 0. The van der Waals surface area contributed by atoms with Gasteiger partial charge in [0.05, 0.1) is 6.54 Å². The summed E-state index contributed by atoms with van der Waals surface area (Å²) in [6.07, 6.45) is 0.760. The van der Waals surface area contributed by atoms with E-state index in [0.717, 1.165) is 6.42 Å². The van der Waals surface area contributed by atoms with E-state index >= 15 is 0 Å². The van der Waals surface area contributed by atoms with Crippen molar-refractivity contribution in [2.24, 2.45) is 0 Å². The van der Waals surface area contributed by atoms with Crippen LogP contribution in [0.1, 0.15) is 6.42 Å². The molecule has 1 aliphatic rings. The molecule has 1 rings (SSSR count). The van der Waals surface area contributed by atoms with Crippen molar-refractivity contribution in [2.45, 2.75) is 12.7 Å². The standard InChI is InChI=1S/C4H8NO2/c1-6-4-2-3-5-7-4/h3-5H,2H2,1H3. The van der Waals surface area contributed by atoms with Crippen molar-refractivity contribution >= 4 is 0 Å². The zero-order valence-corrected chi connectivity index (χ0v) is 4.18. The molecule has 1 fully saturated rings. The van der Waals surface area contributed by atoms with E-state index in [1.807, 2.05) is 6.54 Å². The second-order valence-corrected chi connectivity index (χ2v) is 1.34. The van der Waals surface area contributed by atoms with E-state index in [1.54, 1.807) is 7.11 Å². The Hall–Kier alpha value is -0.120. The largest absolute Gasteiger partial charge is 0.354 e. The van der Waals surface area contributed by atoms with Crippen molar-refractivity contribution in [3.63, 3.8) is 0 Å². The molecular weight excluding hydrogens is 94.0 g/mol. The van der Waals surface area contributed by atoms with E-state index in [4.69, 9.17) is 9.57 Å². The fraction of sp³-hybridized carbons (Fsp3) is 0.750. The molecule has 3 heteroatoms. The van der Waals surface area contributed by atoms with Gasteiger partial charge in [0, 0.05) is 13.5 Å². The lowest BCUT2D eigenvalue weighted by Crippen LogP contribution is -2.10.